The lowest BCUT2D eigenvalue weighted by atomic mass is 10.2. The van der Waals surface area contributed by atoms with Crippen LogP contribution in [0.1, 0.15) is 5.56 Å². The summed E-state index contributed by atoms with van der Waals surface area (Å²) in [7, 11) is 0. The number of thioether (sulfide) groups is 1. The van der Waals surface area contributed by atoms with Gasteiger partial charge >= 0.3 is 6.18 Å². The Hall–Kier alpha value is -3.44. The predicted molar refractivity (Wildman–Crippen MR) is 126 cm³/mol. The molecule has 0 radical (unpaired) electrons. The van der Waals surface area contributed by atoms with E-state index in [2.05, 4.69) is 32.1 Å². The number of nitrogens with zero attached hydrogens (tertiary/aromatic N) is 3. The molecule has 0 saturated carbocycles. The summed E-state index contributed by atoms with van der Waals surface area (Å²) in [5.41, 5.74) is 5.30. The molecule has 0 bridgehead atoms. The Morgan fingerprint density at radius 2 is 2.00 bits per heavy atom. The molecule has 0 aliphatic rings. The lowest BCUT2D eigenvalue weighted by molar-refractivity contribution is -0.137. The zero-order valence-corrected chi connectivity index (χ0v) is 18.7. The Kier molecular flexibility index (Phi) is 7.67. The fourth-order valence-electron chi connectivity index (χ4n) is 2.54. The molecule has 0 spiro atoms. The smallest absolute Gasteiger partial charge is 0.417 e. The van der Waals surface area contributed by atoms with Crippen molar-refractivity contribution in [2.45, 2.75) is 6.18 Å². The second-order valence-electron chi connectivity index (χ2n) is 6.36. The summed E-state index contributed by atoms with van der Waals surface area (Å²) in [4.78, 5) is 8.47. The molecule has 0 fully saturated rings. The van der Waals surface area contributed by atoms with Crippen LogP contribution < -0.4 is 15.8 Å². The third kappa shape index (κ3) is 6.53. The standard InChI is InChI=1S/C21H18ClF3N6OS/c1-12(33-2)27-18(9-10-26)32-15-6-3-13(4-7-15)19-29-20(31-30-19)28-14-5-8-17(22)16(11-14)21(23,24)25/h3-11H,1,26H2,2H3,(H2,28,29,30,31)/b10-9-,27-18?. The van der Waals surface area contributed by atoms with Crippen molar-refractivity contribution in [3.63, 3.8) is 0 Å². The number of rotatable bonds is 7. The number of benzene rings is 2. The zero-order valence-electron chi connectivity index (χ0n) is 17.2. The number of nitrogens with one attached hydrogen (secondary N) is 2. The first-order valence-corrected chi connectivity index (χ1v) is 10.8. The van der Waals surface area contributed by atoms with E-state index < -0.39 is 11.7 Å². The van der Waals surface area contributed by atoms with Crippen molar-refractivity contribution in [3.8, 4) is 17.1 Å². The molecular formula is C21H18ClF3N6OS. The van der Waals surface area contributed by atoms with Gasteiger partial charge in [-0.1, -0.05) is 18.2 Å². The second-order valence-corrected chi connectivity index (χ2v) is 7.65. The van der Waals surface area contributed by atoms with Crippen LogP contribution in [-0.2, 0) is 6.18 Å². The van der Waals surface area contributed by atoms with Gasteiger partial charge in [0.25, 0.3) is 0 Å². The summed E-state index contributed by atoms with van der Waals surface area (Å²) < 4.78 is 44.8. The molecule has 0 atom stereocenters. The topological polar surface area (TPSA) is 101 Å². The normalized spacial score (nSPS) is 12.2. The summed E-state index contributed by atoms with van der Waals surface area (Å²) in [5, 5.41) is 9.62. The summed E-state index contributed by atoms with van der Waals surface area (Å²) in [5.74, 6) is 1.28. The molecule has 4 N–H and O–H groups in total. The van der Waals surface area contributed by atoms with Gasteiger partial charge in [0, 0.05) is 17.3 Å². The van der Waals surface area contributed by atoms with E-state index in [0.717, 1.165) is 12.1 Å². The predicted octanol–water partition coefficient (Wildman–Crippen LogP) is 5.97. The first kappa shape index (κ1) is 24.2. The Bertz CT molecular complexity index is 1190. The van der Waals surface area contributed by atoms with Crippen LogP contribution in [0.4, 0.5) is 24.8 Å². The van der Waals surface area contributed by atoms with Crippen LogP contribution in [0.15, 0.2) is 71.3 Å². The summed E-state index contributed by atoms with van der Waals surface area (Å²) >= 11 is 7.01. The number of nitrogens with two attached hydrogens (primary N) is 1. The van der Waals surface area contributed by atoms with Crippen molar-refractivity contribution in [1.82, 2.24) is 15.2 Å². The van der Waals surface area contributed by atoms with Crippen molar-refractivity contribution in [3.05, 3.63) is 76.9 Å². The Balaban J connectivity index is 1.73. The number of hydrogen-bond donors (Lipinski definition) is 3. The van der Waals surface area contributed by atoms with Gasteiger partial charge in [-0.25, -0.2) is 4.99 Å². The number of aromatic nitrogens is 3. The average Bonchev–Trinajstić information content (AvgIpc) is 3.23. The van der Waals surface area contributed by atoms with Crippen LogP contribution in [0.5, 0.6) is 5.75 Å². The van der Waals surface area contributed by atoms with Gasteiger partial charge in [0.15, 0.2) is 5.82 Å². The van der Waals surface area contributed by atoms with Crippen LogP contribution in [0, 0.1) is 0 Å². The number of anilines is 2. The van der Waals surface area contributed by atoms with E-state index in [9.17, 15) is 13.2 Å². The Labute approximate surface area is 196 Å². The van der Waals surface area contributed by atoms with Crippen LogP contribution in [0.25, 0.3) is 11.4 Å². The quantitative estimate of drug-likeness (QED) is 0.276. The maximum atomic E-state index is 13.0. The molecule has 0 aliphatic heterocycles. The van der Waals surface area contributed by atoms with Crippen LogP contribution in [0.3, 0.4) is 0 Å². The lowest BCUT2D eigenvalue weighted by Gasteiger charge is -2.10. The van der Waals surface area contributed by atoms with Gasteiger partial charge in [0.1, 0.15) is 5.75 Å². The fraction of sp³-hybridized carbons (Fsp3) is 0.0952. The average molecular weight is 495 g/mol. The fourth-order valence-corrected chi connectivity index (χ4v) is 2.95. The molecule has 3 rings (SSSR count). The summed E-state index contributed by atoms with van der Waals surface area (Å²) in [6.45, 7) is 3.78. The van der Waals surface area contributed by atoms with Gasteiger partial charge in [-0.3, -0.25) is 5.10 Å². The molecular weight excluding hydrogens is 477 g/mol. The minimum absolute atomic E-state index is 0.0962. The molecule has 1 heterocycles. The van der Waals surface area contributed by atoms with E-state index in [-0.39, 0.29) is 22.6 Å². The Morgan fingerprint density at radius 3 is 2.64 bits per heavy atom. The maximum absolute atomic E-state index is 13.0. The molecule has 3 aromatic rings. The van der Waals surface area contributed by atoms with E-state index in [4.69, 9.17) is 22.1 Å². The first-order chi connectivity index (χ1) is 15.7. The highest BCUT2D eigenvalue weighted by Crippen LogP contribution is 2.36. The molecule has 2 aromatic carbocycles. The molecule has 7 nitrogen and oxygen atoms in total. The lowest BCUT2D eigenvalue weighted by Crippen LogP contribution is -2.06. The Morgan fingerprint density at radius 1 is 1.27 bits per heavy atom. The molecule has 33 heavy (non-hydrogen) atoms. The van der Waals surface area contributed by atoms with Gasteiger partial charge in [-0.15, -0.1) is 16.9 Å². The van der Waals surface area contributed by atoms with Crippen molar-refractivity contribution in [1.29, 1.82) is 0 Å². The molecule has 0 aliphatic carbocycles. The highest BCUT2D eigenvalue weighted by atomic mass is 35.5. The zero-order chi connectivity index (χ0) is 24.0. The van der Waals surface area contributed by atoms with Crippen molar-refractivity contribution >= 4 is 40.9 Å². The number of halogens is 4. The van der Waals surface area contributed by atoms with E-state index in [0.29, 0.717) is 22.2 Å². The monoisotopic (exact) mass is 494 g/mol. The van der Waals surface area contributed by atoms with Gasteiger partial charge < -0.3 is 15.8 Å². The number of hydrogen-bond acceptors (Lipinski definition) is 7. The highest BCUT2D eigenvalue weighted by Gasteiger charge is 2.33. The molecule has 0 unspecified atom stereocenters. The third-order valence-corrected chi connectivity index (χ3v) is 4.96. The molecule has 0 saturated heterocycles. The molecule has 1 aromatic heterocycles. The maximum Gasteiger partial charge on any atom is 0.417 e. The largest absolute Gasteiger partial charge is 0.439 e. The van der Waals surface area contributed by atoms with E-state index >= 15 is 0 Å². The van der Waals surface area contributed by atoms with Crippen LogP contribution in [0.2, 0.25) is 5.02 Å². The summed E-state index contributed by atoms with van der Waals surface area (Å²) in [6.07, 6.45) is 0.0792. The highest BCUT2D eigenvalue weighted by molar-refractivity contribution is 8.02. The number of H-pyrrole nitrogens is 1. The number of aliphatic imine (C=N–C) groups is 1. The van der Waals surface area contributed by atoms with Gasteiger partial charge in [0.05, 0.1) is 15.6 Å². The van der Waals surface area contributed by atoms with E-state index in [1.807, 2.05) is 6.26 Å². The number of aromatic amines is 1. The van der Waals surface area contributed by atoms with Crippen molar-refractivity contribution in [2.75, 3.05) is 11.6 Å². The first-order valence-electron chi connectivity index (χ1n) is 9.24. The van der Waals surface area contributed by atoms with Crippen LogP contribution >= 0.6 is 23.4 Å². The van der Waals surface area contributed by atoms with E-state index in [1.165, 1.54) is 30.1 Å². The molecule has 0 amide bonds. The minimum Gasteiger partial charge on any atom is -0.439 e. The van der Waals surface area contributed by atoms with Crippen molar-refractivity contribution in [2.24, 2.45) is 10.7 Å². The van der Waals surface area contributed by atoms with Crippen molar-refractivity contribution < 1.29 is 17.9 Å². The van der Waals surface area contributed by atoms with Gasteiger partial charge in [-0.2, -0.15) is 18.2 Å². The summed E-state index contributed by atoms with van der Waals surface area (Å²) in [6, 6.07) is 10.3. The van der Waals surface area contributed by atoms with Crippen LogP contribution in [-0.4, -0.2) is 27.3 Å². The minimum atomic E-state index is -4.57. The van der Waals surface area contributed by atoms with E-state index in [1.54, 1.807) is 24.3 Å². The molecule has 12 heteroatoms. The molecule has 172 valence electrons. The third-order valence-electron chi connectivity index (χ3n) is 4.07. The van der Waals surface area contributed by atoms with Gasteiger partial charge in [0.2, 0.25) is 11.8 Å². The number of alkyl halides is 3. The number of ether oxygens (including phenoxy) is 1. The second kappa shape index (κ2) is 10.5. The van der Waals surface area contributed by atoms with Gasteiger partial charge in [-0.05, 0) is 54.9 Å². The SMILES string of the molecule is C=C(N=C(/C=C\N)Oc1ccc(-c2nc(Nc3ccc(Cl)c(C(F)(F)F)c3)n[nH]2)cc1)SC.